The van der Waals surface area contributed by atoms with E-state index in [4.69, 9.17) is 0 Å². The number of nitrogens with zero attached hydrogens (tertiary/aromatic N) is 1. The van der Waals surface area contributed by atoms with Gasteiger partial charge in [0.1, 0.15) is 0 Å². The molecule has 1 N–H and O–H groups in total. The maximum Gasteiger partial charge on any atom is 0.243 e. The van der Waals surface area contributed by atoms with Gasteiger partial charge in [-0.2, -0.15) is 4.31 Å². The third-order valence-electron chi connectivity index (χ3n) is 3.63. The van der Waals surface area contributed by atoms with E-state index < -0.39 is 10.0 Å². The molecule has 0 aromatic heterocycles. The second kappa shape index (κ2) is 6.24. The topological polar surface area (TPSA) is 49.4 Å². The van der Waals surface area contributed by atoms with Crippen LogP contribution >= 0.6 is 0 Å². The van der Waals surface area contributed by atoms with Crippen LogP contribution in [0.15, 0.2) is 29.2 Å². The van der Waals surface area contributed by atoms with E-state index in [1.54, 1.807) is 19.2 Å². The van der Waals surface area contributed by atoms with Crippen LogP contribution < -0.4 is 5.32 Å². The average molecular weight is 296 g/mol. The first-order valence-electron chi connectivity index (χ1n) is 7.21. The first-order chi connectivity index (χ1) is 9.41. The Bertz CT molecular complexity index is 533. The van der Waals surface area contributed by atoms with Crippen LogP contribution in [0.1, 0.15) is 32.3 Å². The van der Waals surface area contributed by atoms with Crippen molar-refractivity contribution in [2.75, 3.05) is 13.6 Å². The van der Waals surface area contributed by atoms with Gasteiger partial charge >= 0.3 is 0 Å². The molecular formula is C15H24N2O2S. The van der Waals surface area contributed by atoms with Crippen molar-refractivity contribution < 1.29 is 8.42 Å². The molecule has 0 bridgehead atoms. The minimum absolute atomic E-state index is 0.204. The molecule has 4 nitrogen and oxygen atoms in total. The summed E-state index contributed by atoms with van der Waals surface area (Å²) in [6.45, 7) is 5.14. The summed E-state index contributed by atoms with van der Waals surface area (Å²) >= 11 is 0. The normalized spacial score (nSPS) is 16.1. The van der Waals surface area contributed by atoms with Crippen LogP contribution in [0.2, 0.25) is 0 Å². The van der Waals surface area contributed by atoms with E-state index in [9.17, 15) is 8.42 Å². The van der Waals surface area contributed by atoms with E-state index in [1.807, 2.05) is 12.1 Å². The molecule has 1 aromatic rings. The van der Waals surface area contributed by atoms with Crippen LogP contribution in [-0.2, 0) is 16.4 Å². The molecule has 0 unspecified atom stereocenters. The van der Waals surface area contributed by atoms with Gasteiger partial charge in [0.15, 0.2) is 0 Å². The predicted octanol–water partition coefficient (Wildman–Crippen LogP) is 2.01. The van der Waals surface area contributed by atoms with Gasteiger partial charge in [0, 0.05) is 19.1 Å². The number of sulfonamides is 1. The highest BCUT2D eigenvalue weighted by atomic mass is 32.2. The largest absolute Gasteiger partial charge is 0.314 e. The highest BCUT2D eigenvalue weighted by Crippen LogP contribution is 2.30. The summed E-state index contributed by atoms with van der Waals surface area (Å²) in [6, 6.07) is 7.94. The zero-order chi connectivity index (χ0) is 14.8. The highest BCUT2D eigenvalue weighted by molar-refractivity contribution is 7.89. The molecule has 0 atom stereocenters. The second-order valence-electron chi connectivity index (χ2n) is 5.76. The van der Waals surface area contributed by atoms with E-state index in [2.05, 4.69) is 19.2 Å². The fourth-order valence-corrected chi connectivity index (χ4v) is 3.55. The van der Waals surface area contributed by atoms with Crippen LogP contribution in [0.5, 0.6) is 0 Å². The van der Waals surface area contributed by atoms with Gasteiger partial charge in [0.05, 0.1) is 4.90 Å². The molecule has 5 heteroatoms. The lowest BCUT2D eigenvalue weighted by atomic mass is 10.1. The molecule has 0 spiro atoms. The Kier molecular flexibility index (Phi) is 4.83. The molecule has 0 saturated heterocycles. The molecule has 2 rings (SSSR count). The molecule has 1 aromatic carbocycles. The third kappa shape index (κ3) is 3.81. The Morgan fingerprint density at radius 1 is 1.25 bits per heavy atom. The van der Waals surface area contributed by atoms with Gasteiger partial charge in [-0.1, -0.05) is 26.0 Å². The van der Waals surface area contributed by atoms with Crippen molar-refractivity contribution in [1.82, 2.24) is 9.62 Å². The Morgan fingerprint density at radius 2 is 1.85 bits per heavy atom. The molecule has 1 saturated carbocycles. The first kappa shape index (κ1) is 15.5. The Labute approximate surface area is 122 Å². The van der Waals surface area contributed by atoms with E-state index in [0.29, 0.717) is 10.9 Å². The molecule has 0 heterocycles. The van der Waals surface area contributed by atoms with Crippen LogP contribution in [-0.4, -0.2) is 38.4 Å². The smallest absolute Gasteiger partial charge is 0.243 e. The Balaban J connectivity index is 2.00. The summed E-state index contributed by atoms with van der Waals surface area (Å²) in [6.07, 6.45) is 2.88. The average Bonchev–Trinajstić information content (AvgIpc) is 3.22. The molecule has 1 aliphatic rings. The van der Waals surface area contributed by atoms with Crippen molar-refractivity contribution in [3.63, 3.8) is 0 Å². The molecule has 0 aliphatic heterocycles. The summed E-state index contributed by atoms with van der Waals surface area (Å²) in [4.78, 5) is 0.396. The molecule has 20 heavy (non-hydrogen) atoms. The van der Waals surface area contributed by atoms with Gasteiger partial charge in [0.2, 0.25) is 10.0 Å². The quantitative estimate of drug-likeness (QED) is 0.837. The number of hydrogen-bond acceptors (Lipinski definition) is 3. The monoisotopic (exact) mass is 296 g/mol. The van der Waals surface area contributed by atoms with E-state index >= 15 is 0 Å². The lowest BCUT2D eigenvalue weighted by Gasteiger charge is -2.16. The van der Waals surface area contributed by atoms with Gasteiger partial charge in [-0.25, -0.2) is 8.42 Å². The fourth-order valence-electron chi connectivity index (χ4n) is 2.13. The summed E-state index contributed by atoms with van der Waals surface area (Å²) < 4.78 is 26.2. The molecule has 0 amide bonds. The Morgan fingerprint density at radius 3 is 2.35 bits per heavy atom. The minimum atomic E-state index is -3.31. The molecule has 1 fully saturated rings. The summed E-state index contributed by atoms with van der Waals surface area (Å²) in [5.74, 6) is 0. The highest BCUT2D eigenvalue weighted by Gasteiger charge is 2.34. The molecule has 0 radical (unpaired) electrons. The van der Waals surface area contributed by atoms with Crippen LogP contribution in [0, 0.1) is 0 Å². The summed E-state index contributed by atoms with van der Waals surface area (Å²) in [5, 5.41) is 3.35. The SMILES string of the molecule is CC(C)NCCc1ccc(S(=O)(=O)N(C)C2CC2)cc1. The third-order valence-corrected chi connectivity index (χ3v) is 5.55. The number of rotatable bonds is 7. The van der Waals surface area contributed by atoms with Gasteiger partial charge < -0.3 is 5.32 Å². The summed E-state index contributed by atoms with van der Waals surface area (Å²) in [7, 11) is -1.63. The molecule has 112 valence electrons. The molecular weight excluding hydrogens is 272 g/mol. The van der Waals surface area contributed by atoms with Crippen molar-refractivity contribution in [2.24, 2.45) is 0 Å². The first-order valence-corrected chi connectivity index (χ1v) is 8.65. The van der Waals surface area contributed by atoms with E-state index in [0.717, 1.165) is 31.4 Å². The fraction of sp³-hybridized carbons (Fsp3) is 0.600. The zero-order valence-corrected chi connectivity index (χ0v) is 13.3. The van der Waals surface area contributed by atoms with Crippen molar-refractivity contribution in [3.8, 4) is 0 Å². The minimum Gasteiger partial charge on any atom is -0.314 e. The second-order valence-corrected chi connectivity index (χ2v) is 7.75. The molecule has 1 aliphatic carbocycles. The maximum atomic E-state index is 12.3. The van der Waals surface area contributed by atoms with Gasteiger partial charge in [-0.05, 0) is 43.5 Å². The van der Waals surface area contributed by atoms with Crippen molar-refractivity contribution >= 4 is 10.0 Å². The van der Waals surface area contributed by atoms with Crippen LogP contribution in [0.25, 0.3) is 0 Å². The van der Waals surface area contributed by atoms with Crippen molar-refractivity contribution in [3.05, 3.63) is 29.8 Å². The maximum absolute atomic E-state index is 12.3. The number of hydrogen-bond donors (Lipinski definition) is 1. The lowest BCUT2D eigenvalue weighted by Crippen LogP contribution is -2.29. The Hall–Kier alpha value is -0.910. The standard InChI is InChI=1S/C15H24N2O2S/c1-12(2)16-11-10-13-4-8-15(9-5-13)20(18,19)17(3)14-6-7-14/h4-5,8-9,12,14,16H,6-7,10-11H2,1-3H3. The van der Waals surface area contributed by atoms with Crippen molar-refractivity contribution in [2.45, 2.75) is 50.1 Å². The predicted molar refractivity (Wildman–Crippen MR) is 81.3 cm³/mol. The zero-order valence-electron chi connectivity index (χ0n) is 12.5. The van der Waals surface area contributed by atoms with Crippen molar-refractivity contribution in [1.29, 1.82) is 0 Å². The summed E-state index contributed by atoms with van der Waals surface area (Å²) in [5.41, 5.74) is 1.16. The number of benzene rings is 1. The van der Waals surface area contributed by atoms with Gasteiger partial charge in [-0.15, -0.1) is 0 Å². The van der Waals surface area contributed by atoms with Crippen LogP contribution in [0.4, 0.5) is 0 Å². The van der Waals surface area contributed by atoms with Crippen LogP contribution in [0.3, 0.4) is 0 Å². The van der Waals surface area contributed by atoms with E-state index in [1.165, 1.54) is 4.31 Å². The number of nitrogens with one attached hydrogen (secondary N) is 1. The van der Waals surface area contributed by atoms with Gasteiger partial charge in [-0.3, -0.25) is 0 Å². The lowest BCUT2D eigenvalue weighted by molar-refractivity contribution is 0.464. The van der Waals surface area contributed by atoms with Gasteiger partial charge in [0.25, 0.3) is 0 Å². The van der Waals surface area contributed by atoms with E-state index in [-0.39, 0.29) is 6.04 Å².